The smallest absolute Gasteiger partial charge is 0.550 e. The van der Waals surface area contributed by atoms with E-state index < -0.39 is 24.8 Å². The largest absolute Gasteiger partial charge is 3.00 e. The molecule has 19 heavy (non-hydrogen) atoms. The van der Waals surface area contributed by atoms with Crippen LogP contribution in [0.4, 0.5) is 0 Å². The number of carboxylic acids is 2. The predicted octanol–water partition coefficient (Wildman–Crippen LogP) is -1.39. The molecule has 0 aromatic carbocycles. The molecule has 7 heteroatoms. The van der Waals surface area contributed by atoms with Gasteiger partial charge in [-0.25, -0.2) is 0 Å². The third-order valence-electron chi connectivity index (χ3n) is 1.74. The van der Waals surface area contributed by atoms with Crippen molar-refractivity contribution in [1.29, 1.82) is 0 Å². The van der Waals surface area contributed by atoms with Crippen molar-refractivity contribution in [2.75, 3.05) is 0 Å². The van der Waals surface area contributed by atoms with Gasteiger partial charge in [0.15, 0.2) is 0 Å². The molecule has 0 rings (SSSR count). The normalized spacial score (nSPS) is 8.53. The van der Waals surface area contributed by atoms with Gasteiger partial charge >= 0.3 is 17.4 Å². The number of hydrogen-bond donors (Lipinski definition) is 0. The Morgan fingerprint density at radius 1 is 0.737 bits per heavy atom. The molecule has 0 aliphatic carbocycles. The van der Waals surface area contributed by atoms with E-state index in [1.165, 1.54) is 0 Å². The summed E-state index contributed by atoms with van der Waals surface area (Å²) in [5.74, 6) is -3.07. The van der Waals surface area contributed by atoms with Crippen molar-refractivity contribution >= 4 is 40.9 Å². The van der Waals surface area contributed by atoms with Crippen LogP contribution in [0.1, 0.15) is 52.4 Å². The van der Waals surface area contributed by atoms with E-state index in [4.69, 9.17) is 0 Å². The van der Waals surface area contributed by atoms with Crippen molar-refractivity contribution in [2.24, 2.45) is 0 Å². The molecule has 0 fully saturated rings. The van der Waals surface area contributed by atoms with Gasteiger partial charge in [-0.3, -0.25) is 9.59 Å². The topological polar surface area (TPSA) is 114 Å². The number of rotatable bonds is 8. The zero-order chi connectivity index (χ0) is 14.6. The molecule has 0 saturated carbocycles. The van der Waals surface area contributed by atoms with E-state index in [1.807, 2.05) is 13.8 Å². The van der Waals surface area contributed by atoms with Gasteiger partial charge in [-0.15, -0.1) is 0 Å². The molecule has 0 spiro atoms. The zero-order valence-electron chi connectivity index (χ0n) is 11.3. The Morgan fingerprint density at radius 2 is 1.00 bits per heavy atom. The monoisotopic (exact) mass is 285 g/mol. The van der Waals surface area contributed by atoms with Crippen molar-refractivity contribution in [3.8, 4) is 0 Å². The van der Waals surface area contributed by atoms with E-state index in [1.54, 1.807) is 0 Å². The average molecular weight is 285 g/mol. The first-order valence-electron chi connectivity index (χ1n) is 5.76. The molecule has 0 aromatic rings. The van der Waals surface area contributed by atoms with Gasteiger partial charge in [0.25, 0.3) is 0 Å². The van der Waals surface area contributed by atoms with Crippen molar-refractivity contribution in [2.45, 2.75) is 52.4 Å². The van der Waals surface area contributed by atoms with Crippen LogP contribution in [0.15, 0.2) is 0 Å². The van der Waals surface area contributed by atoms with Gasteiger partial charge in [0.05, 0.1) is 0 Å². The first-order chi connectivity index (χ1) is 8.33. The molecular formula is C12H18AlO6+. The van der Waals surface area contributed by atoms with E-state index in [0.717, 1.165) is 0 Å². The zero-order valence-corrected chi connectivity index (χ0v) is 12.4. The number of carboxylic acid groups (broad SMARTS) is 2. The van der Waals surface area contributed by atoms with E-state index in [9.17, 15) is 29.4 Å². The van der Waals surface area contributed by atoms with Gasteiger partial charge < -0.3 is 19.8 Å². The molecule has 0 bridgehead atoms. The molecule has 0 aliphatic rings. The van der Waals surface area contributed by atoms with Gasteiger partial charge in [-0.2, -0.15) is 0 Å². The summed E-state index contributed by atoms with van der Waals surface area (Å²) in [7, 11) is 0. The molecule has 0 aromatic heterocycles. The van der Waals surface area contributed by atoms with Crippen LogP contribution in [0.25, 0.3) is 0 Å². The summed E-state index contributed by atoms with van der Waals surface area (Å²) < 4.78 is 0. The first kappa shape index (κ1) is 22.9. The second-order valence-electron chi connectivity index (χ2n) is 3.67. The van der Waals surface area contributed by atoms with Crippen molar-refractivity contribution in [1.82, 2.24) is 0 Å². The second-order valence-corrected chi connectivity index (χ2v) is 3.67. The molecule has 0 amide bonds. The van der Waals surface area contributed by atoms with E-state index in [0.29, 0.717) is 25.7 Å². The Bertz CT molecular complexity index is 271. The SMILES string of the molecule is CCCC(=O)CC(=O)[O-].CCCC(=O)CC(=O)[O-].[Al+3]. The minimum Gasteiger partial charge on any atom is -0.550 e. The molecule has 0 radical (unpaired) electrons. The van der Waals surface area contributed by atoms with E-state index >= 15 is 0 Å². The molecule has 0 atom stereocenters. The number of hydrogen-bond acceptors (Lipinski definition) is 6. The Morgan fingerprint density at radius 3 is 1.16 bits per heavy atom. The van der Waals surface area contributed by atoms with Crippen molar-refractivity contribution < 1.29 is 29.4 Å². The minimum atomic E-state index is -1.28. The number of carbonyl (C=O) groups excluding carboxylic acids is 4. The Kier molecular flexibility index (Phi) is 18.0. The van der Waals surface area contributed by atoms with Crippen LogP contribution in [-0.2, 0) is 19.2 Å². The summed E-state index contributed by atoms with van der Waals surface area (Å²) >= 11 is 0. The van der Waals surface area contributed by atoms with E-state index in [2.05, 4.69) is 0 Å². The predicted molar refractivity (Wildman–Crippen MR) is 64.8 cm³/mol. The van der Waals surface area contributed by atoms with Gasteiger partial charge in [0, 0.05) is 37.6 Å². The number of ketones is 2. The first-order valence-corrected chi connectivity index (χ1v) is 5.76. The van der Waals surface area contributed by atoms with Crippen molar-refractivity contribution in [3.05, 3.63) is 0 Å². The van der Waals surface area contributed by atoms with Crippen LogP contribution in [0, 0.1) is 0 Å². The molecule has 0 heterocycles. The van der Waals surface area contributed by atoms with E-state index in [-0.39, 0.29) is 28.9 Å². The van der Waals surface area contributed by atoms with Crippen LogP contribution in [0.5, 0.6) is 0 Å². The summed E-state index contributed by atoms with van der Waals surface area (Å²) in [5.41, 5.74) is 0. The van der Waals surface area contributed by atoms with Gasteiger partial charge in [0.1, 0.15) is 11.6 Å². The maximum absolute atomic E-state index is 10.4. The number of carbonyl (C=O) groups is 4. The van der Waals surface area contributed by atoms with Gasteiger partial charge in [0.2, 0.25) is 0 Å². The third-order valence-corrected chi connectivity index (χ3v) is 1.74. The Hall–Kier alpha value is -1.19. The second kappa shape index (κ2) is 14.9. The summed E-state index contributed by atoms with van der Waals surface area (Å²) in [4.78, 5) is 40.4. The molecule has 6 nitrogen and oxygen atoms in total. The van der Waals surface area contributed by atoms with Crippen LogP contribution in [-0.4, -0.2) is 40.9 Å². The molecule has 104 valence electrons. The minimum absolute atomic E-state index is 0. The fourth-order valence-electron chi connectivity index (χ4n) is 1.06. The third kappa shape index (κ3) is 22.5. The van der Waals surface area contributed by atoms with Crippen LogP contribution >= 0.6 is 0 Å². The quantitative estimate of drug-likeness (QED) is 0.400. The number of Topliss-reactive ketones (excluding diaryl/α,β-unsaturated/α-hetero) is 2. The maximum Gasteiger partial charge on any atom is 3.00 e. The fraction of sp³-hybridized carbons (Fsp3) is 0.667. The molecule has 0 unspecified atom stereocenters. The summed E-state index contributed by atoms with van der Waals surface area (Å²) in [6, 6.07) is 0. The standard InChI is InChI=1S/2C6H10O3.Al/c2*1-2-3-5(7)4-6(8)9;/h2*2-4H2,1H3,(H,8,9);/q;;+3/p-2. The van der Waals surface area contributed by atoms with Crippen LogP contribution in [0.3, 0.4) is 0 Å². The maximum atomic E-state index is 10.4. The summed E-state index contributed by atoms with van der Waals surface area (Å²) in [6.45, 7) is 3.65. The molecule has 0 aliphatic heterocycles. The van der Waals surface area contributed by atoms with Crippen LogP contribution in [0.2, 0.25) is 0 Å². The van der Waals surface area contributed by atoms with Crippen molar-refractivity contribution in [3.63, 3.8) is 0 Å². The van der Waals surface area contributed by atoms with Gasteiger partial charge in [-0.1, -0.05) is 13.8 Å². The average Bonchev–Trinajstić information content (AvgIpc) is 2.16. The molecule has 0 saturated heterocycles. The molecule has 0 N–H and O–H groups in total. The summed E-state index contributed by atoms with van der Waals surface area (Å²) in [5, 5.41) is 19.5. The summed E-state index contributed by atoms with van der Waals surface area (Å²) in [6.07, 6.45) is 1.21. The Balaban J connectivity index is -0.000000256. The Labute approximate surface area is 123 Å². The van der Waals surface area contributed by atoms with Gasteiger partial charge in [-0.05, 0) is 12.8 Å². The number of aliphatic carboxylic acids is 2. The van der Waals surface area contributed by atoms with Crippen LogP contribution < -0.4 is 10.2 Å². The molecular weight excluding hydrogens is 267 g/mol. The fourth-order valence-corrected chi connectivity index (χ4v) is 1.06.